The predicted octanol–water partition coefficient (Wildman–Crippen LogP) is 1.03. The first-order chi connectivity index (χ1) is 7.25. The number of nitrogens with two attached hydrogens (primary N) is 1. The standard InChI is InChI=1S/C11H11N3O/c12-11(15)10-3-6-14(8-10)7-9-1-4-13-5-2-9/h1-6,8H,7H2,(H2,12,15). The van der Waals surface area contributed by atoms with Gasteiger partial charge < -0.3 is 10.3 Å². The maximum Gasteiger partial charge on any atom is 0.250 e. The van der Waals surface area contributed by atoms with E-state index in [-0.39, 0.29) is 0 Å². The molecule has 0 saturated carbocycles. The summed E-state index contributed by atoms with van der Waals surface area (Å²) in [5, 5.41) is 0. The second-order valence-electron chi connectivity index (χ2n) is 3.29. The molecule has 2 N–H and O–H groups in total. The molecule has 0 aromatic carbocycles. The van der Waals surface area contributed by atoms with Crippen molar-refractivity contribution in [3.8, 4) is 0 Å². The summed E-state index contributed by atoms with van der Waals surface area (Å²) in [5.74, 6) is -0.400. The lowest BCUT2D eigenvalue weighted by Gasteiger charge is -2.01. The fourth-order valence-electron chi connectivity index (χ4n) is 1.38. The van der Waals surface area contributed by atoms with E-state index in [1.807, 2.05) is 22.9 Å². The van der Waals surface area contributed by atoms with E-state index in [9.17, 15) is 4.79 Å². The Kier molecular flexibility index (Phi) is 2.49. The highest BCUT2D eigenvalue weighted by molar-refractivity contribution is 5.92. The lowest BCUT2D eigenvalue weighted by Crippen LogP contribution is -2.09. The molecule has 4 heteroatoms. The normalized spacial score (nSPS) is 10.1. The average Bonchev–Trinajstić information content (AvgIpc) is 2.68. The second-order valence-corrected chi connectivity index (χ2v) is 3.29. The van der Waals surface area contributed by atoms with Crippen molar-refractivity contribution in [2.75, 3.05) is 0 Å². The Bertz CT molecular complexity index is 462. The number of pyridine rings is 1. The van der Waals surface area contributed by atoms with Crippen molar-refractivity contribution in [3.63, 3.8) is 0 Å². The zero-order valence-electron chi connectivity index (χ0n) is 8.13. The molecule has 0 radical (unpaired) electrons. The molecule has 2 aromatic rings. The number of hydrogen-bond donors (Lipinski definition) is 1. The van der Waals surface area contributed by atoms with E-state index in [1.54, 1.807) is 24.7 Å². The molecule has 76 valence electrons. The first-order valence-corrected chi connectivity index (χ1v) is 4.60. The minimum absolute atomic E-state index is 0.400. The Morgan fingerprint density at radius 1 is 1.33 bits per heavy atom. The number of nitrogens with zero attached hydrogens (tertiary/aromatic N) is 2. The van der Waals surface area contributed by atoms with Crippen molar-refractivity contribution in [2.45, 2.75) is 6.54 Å². The van der Waals surface area contributed by atoms with Crippen LogP contribution in [0, 0.1) is 0 Å². The molecule has 0 aliphatic rings. The highest BCUT2D eigenvalue weighted by Crippen LogP contribution is 2.04. The minimum Gasteiger partial charge on any atom is -0.366 e. The summed E-state index contributed by atoms with van der Waals surface area (Å²) < 4.78 is 1.91. The van der Waals surface area contributed by atoms with Gasteiger partial charge in [0.15, 0.2) is 0 Å². The number of amides is 1. The molecule has 15 heavy (non-hydrogen) atoms. The molecular weight excluding hydrogens is 190 g/mol. The van der Waals surface area contributed by atoms with Gasteiger partial charge in [0.25, 0.3) is 0 Å². The number of hydrogen-bond acceptors (Lipinski definition) is 2. The van der Waals surface area contributed by atoms with Gasteiger partial charge in [0.2, 0.25) is 5.91 Å². The first-order valence-electron chi connectivity index (χ1n) is 4.60. The van der Waals surface area contributed by atoms with Crippen LogP contribution in [0.25, 0.3) is 0 Å². The van der Waals surface area contributed by atoms with Gasteiger partial charge >= 0.3 is 0 Å². The largest absolute Gasteiger partial charge is 0.366 e. The number of aromatic nitrogens is 2. The van der Waals surface area contributed by atoms with Gasteiger partial charge in [-0.05, 0) is 23.8 Å². The first kappa shape index (κ1) is 9.45. The Labute approximate surface area is 87.4 Å². The van der Waals surface area contributed by atoms with Crippen molar-refractivity contribution >= 4 is 5.91 Å². The highest BCUT2D eigenvalue weighted by Gasteiger charge is 2.02. The quantitative estimate of drug-likeness (QED) is 0.806. The maximum absolute atomic E-state index is 10.9. The van der Waals surface area contributed by atoms with Crippen LogP contribution in [0.5, 0.6) is 0 Å². The van der Waals surface area contributed by atoms with Crippen LogP contribution in [0.3, 0.4) is 0 Å². The lowest BCUT2D eigenvalue weighted by atomic mass is 10.3. The maximum atomic E-state index is 10.9. The van der Waals surface area contributed by atoms with Crippen LogP contribution < -0.4 is 5.73 Å². The lowest BCUT2D eigenvalue weighted by molar-refractivity contribution is 0.100. The summed E-state index contributed by atoms with van der Waals surface area (Å²) in [5.41, 5.74) is 6.83. The third kappa shape index (κ3) is 2.22. The van der Waals surface area contributed by atoms with E-state index in [2.05, 4.69) is 4.98 Å². The van der Waals surface area contributed by atoms with Crippen LogP contribution in [-0.4, -0.2) is 15.5 Å². The van der Waals surface area contributed by atoms with E-state index in [0.29, 0.717) is 5.56 Å². The van der Waals surface area contributed by atoms with E-state index in [1.165, 1.54) is 0 Å². The fourth-order valence-corrected chi connectivity index (χ4v) is 1.38. The number of carbonyl (C=O) groups is 1. The van der Waals surface area contributed by atoms with Crippen molar-refractivity contribution in [2.24, 2.45) is 5.73 Å². The van der Waals surface area contributed by atoms with E-state index in [4.69, 9.17) is 5.73 Å². The zero-order chi connectivity index (χ0) is 10.7. The van der Waals surface area contributed by atoms with E-state index in [0.717, 1.165) is 12.1 Å². The second kappa shape index (κ2) is 3.96. The molecule has 2 aromatic heterocycles. The van der Waals surface area contributed by atoms with Crippen molar-refractivity contribution in [1.29, 1.82) is 0 Å². The predicted molar refractivity (Wildman–Crippen MR) is 56.3 cm³/mol. The van der Waals surface area contributed by atoms with Crippen LogP contribution in [0.15, 0.2) is 43.0 Å². The Morgan fingerprint density at radius 3 is 2.67 bits per heavy atom. The van der Waals surface area contributed by atoms with Gasteiger partial charge in [-0.2, -0.15) is 0 Å². The van der Waals surface area contributed by atoms with E-state index < -0.39 is 5.91 Å². The van der Waals surface area contributed by atoms with Crippen molar-refractivity contribution in [3.05, 3.63) is 54.1 Å². The molecule has 0 bridgehead atoms. The minimum atomic E-state index is -0.400. The fraction of sp³-hybridized carbons (Fsp3) is 0.0909. The van der Waals surface area contributed by atoms with Crippen LogP contribution in [-0.2, 0) is 6.54 Å². The van der Waals surface area contributed by atoms with Crippen molar-refractivity contribution < 1.29 is 4.79 Å². The topological polar surface area (TPSA) is 60.9 Å². The molecule has 0 saturated heterocycles. The van der Waals surface area contributed by atoms with Gasteiger partial charge in [-0.25, -0.2) is 0 Å². The Balaban J connectivity index is 2.15. The van der Waals surface area contributed by atoms with Crippen LogP contribution >= 0.6 is 0 Å². The molecule has 1 amide bonds. The van der Waals surface area contributed by atoms with Crippen LogP contribution in [0.1, 0.15) is 15.9 Å². The number of carbonyl (C=O) groups excluding carboxylic acids is 1. The average molecular weight is 201 g/mol. The highest BCUT2D eigenvalue weighted by atomic mass is 16.1. The van der Waals surface area contributed by atoms with Gasteiger partial charge in [-0.1, -0.05) is 0 Å². The Morgan fingerprint density at radius 2 is 2.07 bits per heavy atom. The zero-order valence-corrected chi connectivity index (χ0v) is 8.13. The summed E-state index contributed by atoms with van der Waals surface area (Å²) in [4.78, 5) is 14.8. The van der Waals surface area contributed by atoms with Gasteiger partial charge in [-0.3, -0.25) is 9.78 Å². The summed E-state index contributed by atoms with van der Waals surface area (Å²) in [6.45, 7) is 0.718. The third-order valence-corrected chi connectivity index (χ3v) is 2.15. The summed E-state index contributed by atoms with van der Waals surface area (Å²) in [6.07, 6.45) is 7.06. The molecule has 0 unspecified atom stereocenters. The summed E-state index contributed by atoms with van der Waals surface area (Å²) >= 11 is 0. The molecule has 0 spiro atoms. The van der Waals surface area contributed by atoms with Gasteiger partial charge in [0.1, 0.15) is 0 Å². The van der Waals surface area contributed by atoms with E-state index >= 15 is 0 Å². The van der Waals surface area contributed by atoms with Crippen LogP contribution in [0.4, 0.5) is 0 Å². The smallest absolute Gasteiger partial charge is 0.250 e. The number of rotatable bonds is 3. The van der Waals surface area contributed by atoms with Gasteiger partial charge in [0, 0.05) is 31.3 Å². The molecular formula is C11H11N3O. The number of primary amides is 1. The molecule has 2 rings (SSSR count). The SMILES string of the molecule is NC(=O)c1ccn(Cc2ccncc2)c1. The summed E-state index contributed by atoms with van der Waals surface area (Å²) in [7, 11) is 0. The molecule has 0 aliphatic carbocycles. The molecule has 4 nitrogen and oxygen atoms in total. The van der Waals surface area contributed by atoms with Gasteiger partial charge in [0.05, 0.1) is 5.56 Å². The molecule has 0 atom stereocenters. The monoisotopic (exact) mass is 201 g/mol. The van der Waals surface area contributed by atoms with Crippen LogP contribution in [0.2, 0.25) is 0 Å². The molecule has 2 heterocycles. The third-order valence-electron chi connectivity index (χ3n) is 2.15. The van der Waals surface area contributed by atoms with Gasteiger partial charge in [-0.15, -0.1) is 0 Å². The Hall–Kier alpha value is -2.10. The summed E-state index contributed by atoms with van der Waals surface area (Å²) in [6, 6.07) is 5.58. The molecule has 0 aliphatic heterocycles. The van der Waals surface area contributed by atoms with Crippen molar-refractivity contribution in [1.82, 2.24) is 9.55 Å². The molecule has 0 fully saturated rings.